The maximum absolute atomic E-state index is 13.5. The first-order valence-electron chi connectivity index (χ1n) is 5.51. The second kappa shape index (κ2) is 4.43. The van der Waals surface area contributed by atoms with Crippen molar-refractivity contribution in [1.82, 2.24) is 15.2 Å². The van der Waals surface area contributed by atoms with Crippen LogP contribution in [-0.2, 0) is 0 Å². The molecule has 0 radical (unpaired) electrons. The van der Waals surface area contributed by atoms with Crippen molar-refractivity contribution in [2.45, 2.75) is 6.92 Å². The first kappa shape index (κ1) is 11.8. The Balaban J connectivity index is 1.96. The molecule has 0 aliphatic rings. The summed E-state index contributed by atoms with van der Waals surface area (Å²) in [7, 11) is 0. The third-order valence-electron chi connectivity index (χ3n) is 2.60. The van der Waals surface area contributed by atoms with E-state index in [1.54, 1.807) is 6.07 Å². The molecule has 19 heavy (non-hydrogen) atoms. The summed E-state index contributed by atoms with van der Waals surface area (Å²) in [4.78, 5) is 16.2. The van der Waals surface area contributed by atoms with Crippen LogP contribution < -0.4 is 5.32 Å². The molecule has 1 aromatic carbocycles. The molecule has 2 N–H and O–H groups in total. The molecule has 2 aromatic heterocycles. The monoisotopic (exact) mass is 276 g/mol. The van der Waals surface area contributed by atoms with E-state index in [4.69, 9.17) is 0 Å². The number of thiazole rings is 1. The van der Waals surface area contributed by atoms with Crippen LogP contribution in [0.5, 0.6) is 0 Å². The number of aryl methyl sites for hydroxylation is 1. The van der Waals surface area contributed by atoms with Gasteiger partial charge in [0, 0.05) is 10.8 Å². The molecule has 2 heterocycles. The zero-order chi connectivity index (χ0) is 13.4. The molecular formula is C12H9FN4OS. The molecule has 0 saturated heterocycles. The zero-order valence-electron chi connectivity index (χ0n) is 9.90. The first-order valence-corrected chi connectivity index (χ1v) is 6.39. The largest absolute Gasteiger partial charge is 0.296 e. The van der Waals surface area contributed by atoms with Crippen LogP contribution in [0.4, 0.5) is 9.52 Å². The highest BCUT2D eigenvalue weighted by atomic mass is 32.1. The molecule has 0 spiro atoms. The van der Waals surface area contributed by atoms with Gasteiger partial charge in [-0.1, -0.05) is 12.1 Å². The molecule has 0 unspecified atom stereocenters. The van der Waals surface area contributed by atoms with Crippen LogP contribution in [0.25, 0.3) is 10.9 Å². The third-order valence-corrected chi connectivity index (χ3v) is 3.48. The molecule has 96 valence electrons. The van der Waals surface area contributed by atoms with Gasteiger partial charge >= 0.3 is 0 Å². The van der Waals surface area contributed by atoms with Gasteiger partial charge in [-0.2, -0.15) is 5.10 Å². The number of anilines is 1. The number of nitrogens with zero attached hydrogens (tertiary/aromatic N) is 2. The standard InChI is InChI=1S/C12H9FN4OS/c1-6-5-19-12(14-6)15-11(18)10-7-3-2-4-8(13)9(7)16-17-10/h2-5H,1H3,(H,16,17)(H,14,15,18). The van der Waals surface area contributed by atoms with Crippen molar-refractivity contribution >= 4 is 33.3 Å². The number of carbonyl (C=O) groups is 1. The van der Waals surface area contributed by atoms with Gasteiger partial charge in [-0.15, -0.1) is 11.3 Å². The van der Waals surface area contributed by atoms with E-state index in [1.807, 2.05) is 12.3 Å². The van der Waals surface area contributed by atoms with Crippen molar-refractivity contribution in [1.29, 1.82) is 0 Å². The number of rotatable bonds is 2. The van der Waals surface area contributed by atoms with Crippen molar-refractivity contribution in [3.8, 4) is 0 Å². The van der Waals surface area contributed by atoms with Crippen LogP contribution in [0.15, 0.2) is 23.6 Å². The van der Waals surface area contributed by atoms with Gasteiger partial charge < -0.3 is 0 Å². The van der Waals surface area contributed by atoms with E-state index in [-0.39, 0.29) is 17.1 Å². The van der Waals surface area contributed by atoms with Gasteiger partial charge in [0.1, 0.15) is 11.2 Å². The lowest BCUT2D eigenvalue weighted by Gasteiger charge is -1.99. The van der Waals surface area contributed by atoms with E-state index < -0.39 is 5.82 Å². The summed E-state index contributed by atoms with van der Waals surface area (Å²) in [5.74, 6) is -0.847. The number of hydrogen-bond acceptors (Lipinski definition) is 4. The summed E-state index contributed by atoms with van der Waals surface area (Å²) >= 11 is 1.33. The second-order valence-electron chi connectivity index (χ2n) is 3.98. The Kier molecular flexibility index (Phi) is 2.75. The topological polar surface area (TPSA) is 70.7 Å². The highest BCUT2D eigenvalue weighted by Gasteiger charge is 2.16. The Labute approximate surface area is 111 Å². The van der Waals surface area contributed by atoms with Gasteiger partial charge in [-0.05, 0) is 13.0 Å². The van der Waals surface area contributed by atoms with E-state index in [0.29, 0.717) is 10.5 Å². The molecule has 0 saturated carbocycles. The van der Waals surface area contributed by atoms with Crippen LogP contribution in [0.1, 0.15) is 16.2 Å². The number of nitrogens with one attached hydrogen (secondary N) is 2. The van der Waals surface area contributed by atoms with E-state index >= 15 is 0 Å². The number of para-hydroxylation sites is 1. The summed E-state index contributed by atoms with van der Waals surface area (Å²) in [5, 5.41) is 11.8. The highest BCUT2D eigenvalue weighted by molar-refractivity contribution is 7.13. The van der Waals surface area contributed by atoms with Crippen LogP contribution in [0, 0.1) is 12.7 Å². The average Bonchev–Trinajstić information content (AvgIpc) is 2.96. The Morgan fingerprint density at radius 1 is 1.47 bits per heavy atom. The maximum atomic E-state index is 13.5. The van der Waals surface area contributed by atoms with Crippen molar-refractivity contribution in [2.24, 2.45) is 0 Å². The smallest absolute Gasteiger partial charge is 0.276 e. The molecule has 5 nitrogen and oxygen atoms in total. The van der Waals surface area contributed by atoms with Gasteiger partial charge in [0.2, 0.25) is 0 Å². The van der Waals surface area contributed by atoms with E-state index in [1.165, 1.54) is 23.5 Å². The first-order chi connectivity index (χ1) is 9.15. The molecule has 3 aromatic rings. The summed E-state index contributed by atoms with van der Waals surface area (Å²) in [6.07, 6.45) is 0. The normalized spacial score (nSPS) is 10.8. The van der Waals surface area contributed by atoms with Gasteiger partial charge in [-0.25, -0.2) is 9.37 Å². The number of amides is 1. The number of carbonyl (C=O) groups excluding carboxylic acids is 1. The molecule has 0 aliphatic carbocycles. The van der Waals surface area contributed by atoms with Crippen LogP contribution >= 0.6 is 11.3 Å². The molecular weight excluding hydrogens is 267 g/mol. The Bertz CT molecular complexity index is 764. The van der Waals surface area contributed by atoms with Crippen molar-refractivity contribution < 1.29 is 9.18 Å². The van der Waals surface area contributed by atoms with Crippen molar-refractivity contribution in [2.75, 3.05) is 5.32 Å². The predicted molar refractivity (Wildman–Crippen MR) is 70.9 cm³/mol. The molecule has 7 heteroatoms. The average molecular weight is 276 g/mol. The minimum atomic E-state index is -0.460. The SMILES string of the molecule is Cc1csc(NC(=O)c2[nH]nc3c(F)cccc23)n1. The molecule has 0 atom stereocenters. The fraction of sp³-hybridized carbons (Fsp3) is 0.0833. The number of hydrogen-bond donors (Lipinski definition) is 2. The van der Waals surface area contributed by atoms with Crippen molar-refractivity contribution in [3.05, 3.63) is 40.8 Å². The highest BCUT2D eigenvalue weighted by Crippen LogP contribution is 2.20. The van der Waals surface area contributed by atoms with Crippen molar-refractivity contribution in [3.63, 3.8) is 0 Å². The van der Waals surface area contributed by atoms with Crippen LogP contribution in [0.2, 0.25) is 0 Å². The number of H-pyrrole nitrogens is 1. The fourth-order valence-electron chi connectivity index (χ4n) is 1.75. The quantitative estimate of drug-likeness (QED) is 0.756. The Hall–Kier alpha value is -2.28. The molecule has 0 aliphatic heterocycles. The number of aromatic amines is 1. The second-order valence-corrected chi connectivity index (χ2v) is 4.84. The molecule has 1 amide bonds. The lowest BCUT2D eigenvalue weighted by molar-refractivity contribution is 0.102. The minimum absolute atomic E-state index is 0.156. The Morgan fingerprint density at radius 2 is 2.32 bits per heavy atom. The number of fused-ring (bicyclic) bond motifs is 1. The summed E-state index contributed by atoms with van der Waals surface area (Å²) in [6.45, 7) is 1.84. The number of aromatic nitrogens is 3. The van der Waals surface area contributed by atoms with Gasteiger partial charge in [0.15, 0.2) is 10.9 Å². The zero-order valence-corrected chi connectivity index (χ0v) is 10.7. The van der Waals surface area contributed by atoms with Gasteiger partial charge in [0.25, 0.3) is 5.91 Å². The predicted octanol–water partition coefficient (Wildman–Crippen LogP) is 2.72. The molecule has 0 bridgehead atoms. The number of halogens is 1. The minimum Gasteiger partial charge on any atom is -0.296 e. The Morgan fingerprint density at radius 3 is 3.05 bits per heavy atom. The van der Waals surface area contributed by atoms with Crippen LogP contribution in [-0.4, -0.2) is 21.1 Å². The van der Waals surface area contributed by atoms with E-state index in [2.05, 4.69) is 20.5 Å². The lowest BCUT2D eigenvalue weighted by Crippen LogP contribution is -2.12. The summed E-state index contributed by atoms with van der Waals surface area (Å²) in [5.41, 5.74) is 1.21. The molecule has 3 rings (SSSR count). The molecule has 0 fully saturated rings. The van der Waals surface area contributed by atoms with E-state index in [0.717, 1.165) is 5.69 Å². The fourth-order valence-corrected chi connectivity index (χ4v) is 2.43. The van der Waals surface area contributed by atoms with E-state index in [9.17, 15) is 9.18 Å². The van der Waals surface area contributed by atoms with Gasteiger partial charge in [-0.3, -0.25) is 15.2 Å². The van der Waals surface area contributed by atoms with Gasteiger partial charge in [0.05, 0.1) is 5.69 Å². The van der Waals surface area contributed by atoms with Crippen LogP contribution in [0.3, 0.4) is 0 Å². The third kappa shape index (κ3) is 2.08. The summed E-state index contributed by atoms with van der Waals surface area (Å²) < 4.78 is 13.5. The number of benzene rings is 1. The lowest BCUT2D eigenvalue weighted by atomic mass is 10.2. The maximum Gasteiger partial charge on any atom is 0.276 e. The summed E-state index contributed by atoms with van der Waals surface area (Å²) in [6, 6.07) is 4.48.